The lowest BCUT2D eigenvalue weighted by molar-refractivity contribution is 0.333. The fraction of sp³-hybridized carbons (Fsp3) is 0.222. The Morgan fingerprint density at radius 3 is 2.62 bits per heavy atom. The summed E-state index contributed by atoms with van der Waals surface area (Å²) in [6.07, 6.45) is 6.47. The van der Waals surface area contributed by atoms with E-state index in [4.69, 9.17) is 5.26 Å². The van der Waals surface area contributed by atoms with Gasteiger partial charge in [0.1, 0.15) is 11.9 Å². The van der Waals surface area contributed by atoms with Gasteiger partial charge in [0.2, 0.25) is 0 Å². The smallest absolute Gasteiger partial charge is 0.266 e. The summed E-state index contributed by atoms with van der Waals surface area (Å²) in [5.74, 6) is 1.05. The third-order valence-corrected chi connectivity index (χ3v) is 4.31. The van der Waals surface area contributed by atoms with Crippen molar-refractivity contribution in [2.24, 2.45) is 5.92 Å². The maximum atomic E-state index is 12.1. The van der Waals surface area contributed by atoms with Gasteiger partial charge >= 0.3 is 0 Å². The van der Waals surface area contributed by atoms with E-state index in [-0.39, 0.29) is 5.56 Å². The summed E-state index contributed by atoms with van der Waals surface area (Å²) in [4.78, 5) is 26.5. The van der Waals surface area contributed by atoms with Crippen LogP contribution < -0.4 is 10.5 Å². The molecule has 3 aromatic heterocycles. The minimum Gasteiger partial charge on any atom is -0.355 e. The molecular formula is C18H15N7O. The molecule has 0 atom stereocenters. The molecule has 0 aliphatic carbocycles. The predicted molar refractivity (Wildman–Crippen MR) is 94.2 cm³/mol. The first-order valence-electron chi connectivity index (χ1n) is 8.18. The SMILES string of the molecule is N#Cc1cnc(N2CC(Cn3nc(-c4ccncc4)ccc3=O)C2)cn1. The fourth-order valence-electron chi connectivity index (χ4n) is 2.92. The number of nitrogens with zero attached hydrogens (tertiary/aromatic N) is 7. The van der Waals surface area contributed by atoms with Crippen molar-refractivity contribution in [2.45, 2.75) is 6.54 Å². The Labute approximate surface area is 149 Å². The average molecular weight is 345 g/mol. The Kier molecular flexibility index (Phi) is 4.11. The van der Waals surface area contributed by atoms with Gasteiger partial charge in [-0.2, -0.15) is 10.4 Å². The highest BCUT2D eigenvalue weighted by molar-refractivity contribution is 5.57. The van der Waals surface area contributed by atoms with Gasteiger partial charge in [0, 0.05) is 43.0 Å². The lowest BCUT2D eigenvalue weighted by atomic mass is 10.0. The summed E-state index contributed by atoms with van der Waals surface area (Å²) in [6, 6.07) is 8.96. The van der Waals surface area contributed by atoms with Gasteiger partial charge in [-0.1, -0.05) is 0 Å². The van der Waals surface area contributed by atoms with Crippen molar-refractivity contribution in [3.8, 4) is 17.3 Å². The summed E-state index contributed by atoms with van der Waals surface area (Å²) < 4.78 is 1.52. The van der Waals surface area contributed by atoms with Crippen LogP contribution in [0.5, 0.6) is 0 Å². The fourth-order valence-corrected chi connectivity index (χ4v) is 2.92. The summed E-state index contributed by atoms with van der Waals surface area (Å²) in [6.45, 7) is 2.10. The second kappa shape index (κ2) is 6.72. The molecular weight excluding hydrogens is 330 g/mol. The van der Waals surface area contributed by atoms with Gasteiger partial charge in [-0.25, -0.2) is 14.6 Å². The van der Waals surface area contributed by atoms with Crippen molar-refractivity contribution in [1.82, 2.24) is 24.7 Å². The maximum absolute atomic E-state index is 12.1. The van der Waals surface area contributed by atoms with Crippen LogP contribution in [0.4, 0.5) is 5.82 Å². The van der Waals surface area contributed by atoms with E-state index in [0.717, 1.165) is 30.2 Å². The molecule has 4 heterocycles. The molecule has 128 valence electrons. The van der Waals surface area contributed by atoms with Crippen LogP contribution in [0.3, 0.4) is 0 Å². The highest BCUT2D eigenvalue weighted by Crippen LogP contribution is 2.23. The van der Waals surface area contributed by atoms with Crippen molar-refractivity contribution in [3.05, 3.63) is 65.1 Å². The Morgan fingerprint density at radius 1 is 1.12 bits per heavy atom. The van der Waals surface area contributed by atoms with Crippen LogP contribution in [0.2, 0.25) is 0 Å². The molecule has 0 amide bonds. The number of hydrogen-bond donors (Lipinski definition) is 0. The van der Waals surface area contributed by atoms with E-state index in [2.05, 4.69) is 25.0 Å². The van der Waals surface area contributed by atoms with Gasteiger partial charge in [0.15, 0.2) is 5.69 Å². The zero-order chi connectivity index (χ0) is 17.9. The van der Waals surface area contributed by atoms with Crippen molar-refractivity contribution in [3.63, 3.8) is 0 Å². The van der Waals surface area contributed by atoms with Crippen LogP contribution in [0.25, 0.3) is 11.3 Å². The first-order chi connectivity index (χ1) is 12.7. The second-order valence-electron chi connectivity index (χ2n) is 6.12. The molecule has 3 aromatic rings. The number of nitriles is 1. The van der Waals surface area contributed by atoms with Crippen LogP contribution in [0.15, 0.2) is 53.8 Å². The summed E-state index contributed by atoms with van der Waals surface area (Å²) in [5.41, 5.74) is 1.87. The summed E-state index contributed by atoms with van der Waals surface area (Å²) >= 11 is 0. The molecule has 0 radical (unpaired) electrons. The molecule has 0 bridgehead atoms. The molecule has 1 aliphatic rings. The number of rotatable bonds is 4. The van der Waals surface area contributed by atoms with Gasteiger partial charge < -0.3 is 4.90 Å². The van der Waals surface area contributed by atoms with Crippen LogP contribution in [-0.4, -0.2) is 37.8 Å². The lowest BCUT2D eigenvalue weighted by Gasteiger charge is -2.39. The summed E-state index contributed by atoms with van der Waals surface area (Å²) in [7, 11) is 0. The first-order valence-corrected chi connectivity index (χ1v) is 8.18. The molecule has 0 spiro atoms. The van der Waals surface area contributed by atoms with E-state index in [1.54, 1.807) is 30.7 Å². The first kappa shape index (κ1) is 15.9. The van der Waals surface area contributed by atoms with Crippen molar-refractivity contribution in [1.29, 1.82) is 5.26 Å². The molecule has 8 nitrogen and oxygen atoms in total. The molecule has 0 N–H and O–H groups in total. The van der Waals surface area contributed by atoms with Crippen LogP contribution in [0.1, 0.15) is 5.69 Å². The lowest BCUT2D eigenvalue weighted by Crippen LogP contribution is -2.50. The van der Waals surface area contributed by atoms with Crippen LogP contribution in [-0.2, 0) is 6.54 Å². The largest absolute Gasteiger partial charge is 0.355 e. The Hall–Kier alpha value is -3.60. The van der Waals surface area contributed by atoms with Crippen molar-refractivity contribution in [2.75, 3.05) is 18.0 Å². The zero-order valence-corrected chi connectivity index (χ0v) is 13.9. The minimum absolute atomic E-state index is 0.112. The number of anilines is 1. The monoisotopic (exact) mass is 345 g/mol. The third-order valence-electron chi connectivity index (χ3n) is 4.31. The Balaban J connectivity index is 1.44. The molecule has 1 fully saturated rings. The average Bonchev–Trinajstić information content (AvgIpc) is 2.66. The molecule has 0 unspecified atom stereocenters. The number of pyridine rings is 1. The van der Waals surface area contributed by atoms with Crippen LogP contribution >= 0.6 is 0 Å². The molecule has 1 aliphatic heterocycles. The van der Waals surface area contributed by atoms with E-state index >= 15 is 0 Å². The van der Waals surface area contributed by atoms with E-state index in [1.807, 2.05) is 18.2 Å². The highest BCUT2D eigenvalue weighted by atomic mass is 16.1. The van der Waals surface area contributed by atoms with Gasteiger partial charge in [0.05, 0.1) is 24.6 Å². The van der Waals surface area contributed by atoms with E-state index in [1.165, 1.54) is 10.9 Å². The van der Waals surface area contributed by atoms with E-state index < -0.39 is 0 Å². The molecule has 8 heteroatoms. The maximum Gasteiger partial charge on any atom is 0.266 e. The molecule has 0 saturated carbocycles. The standard InChI is InChI=1S/C18H15N7O/c19-7-15-8-22-17(9-21-15)24-10-13(11-24)12-25-18(26)2-1-16(23-25)14-3-5-20-6-4-14/h1-6,8-9,13H,10-12H2. The zero-order valence-electron chi connectivity index (χ0n) is 13.9. The van der Waals surface area contributed by atoms with Crippen molar-refractivity contribution < 1.29 is 0 Å². The van der Waals surface area contributed by atoms with Gasteiger partial charge in [0.25, 0.3) is 5.56 Å². The molecule has 4 rings (SSSR count). The summed E-state index contributed by atoms with van der Waals surface area (Å²) in [5, 5.41) is 13.2. The van der Waals surface area contributed by atoms with Gasteiger partial charge in [-0.3, -0.25) is 9.78 Å². The van der Waals surface area contributed by atoms with Crippen LogP contribution in [0, 0.1) is 17.2 Å². The Morgan fingerprint density at radius 2 is 1.92 bits per heavy atom. The topological polar surface area (TPSA) is 101 Å². The predicted octanol–water partition coefficient (Wildman–Crippen LogP) is 1.10. The van der Waals surface area contributed by atoms with E-state index in [0.29, 0.717) is 18.2 Å². The minimum atomic E-state index is -0.112. The van der Waals surface area contributed by atoms with Crippen molar-refractivity contribution >= 4 is 5.82 Å². The molecule has 0 aromatic carbocycles. The quantitative estimate of drug-likeness (QED) is 0.698. The molecule has 26 heavy (non-hydrogen) atoms. The van der Waals surface area contributed by atoms with Gasteiger partial charge in [-0.05, 0) is 18.2 Å². The van der Waals surface area contributed by atoms with E-state index in [9.17, 15) is 4.79 Å². The normalized spacial score (nSPS) is 13.9. The third kappa shape index (κ3) is 3.15. The number of hydrogen-bond acceptors (Lipinski definition) is 7. The van der Waals surface area contributed by atoms with Gasteiger partial charge in [-0.15, -0.1) is 0 Å². The number of aromatic nitrogens is 5. The molecule has 1 saturated heterocycles. The second-order valence-corrected chi connectivity index (χ2v) is 6.12. The highest BCUT2D eigenvalue weighted by Gasteiger charge is 2.28. The Bertz CT molecular complexity index is 1000.